The third-order valence-electron chi connectivity index (χ3n) is 6.36. The number of ether oxygens (including phenoxy) is 3. The molecule has 7 nitrogen and oxygen atoms in total. The molecule has 45 heavy (non-hydrogen) atoms. The van der Waals surface area contributed by atoms with E-state index in [0.29, 0.717) is 33.6 Å². The van der Waals surface area contributed by atoms with Crippen LogP contribution in [0.4, 0.5) is 26.3 Å². The zero-order valence-electron chi connectivity index (χ0n) is 23.4. The summed E-state index contributed by atoms with van der Waals surface area (Å²) in [6.07, 6.45) is -10.6. The Labute approximate surface area is 253 Å². The number of carboxylic acids is 1. The first-order valence-electron chi connectivity index (χ1n) is 13.3. The van der Waals surface area contributed by atoms with Crippen LogP contribution in [0, 0.1) is 0 Å². The van der Waals surface area contributed by atoms with Gasteiger partial charge < -0.3 is 24.6 Å². The van der Waals surface area contributed by atoms with Crippen LogP contribution in [-0.4, -0.2) is 36.3 Å². The van der Waals surface area contributed by atoms with Crippen LogP contribution < -0.4 is 19.5 Å². The SMILES string of the molecule is CC(Oc1ccc(C(=O)NCCC(=O)O)cc1)c1cc(-c2ccc(OC(F)(F)F)cc2)ccc1-c1ccc(OC(F)(F)F)cc1. The van der Waals surface area contributed by atoms with Gasteiger partial charge in [-0.05, 0) is 83.8 Å². The average molecular weight is 634 g/mol. The van der Waals surface area contributed by atoms with E-state index in [-0.39, 0.29) is 24.3 Å². The number of carboxylic acid groups (broad SMARTS) is 1. The van der Waals surface area contributed by atoms with Crippen LogP contribution in [0.2, 0.25) is 0 Å². The molecule has 0 aromatic heterocycles. The number of carbonyl (C=O) groups excluding carboxylic acids is 1. The Bertz CT molecular complexity index is 1620. The Morgan fingerprint density at radius 1 is 0.711 bits per heavy atom. The predicted molar refractivity (Wildman–Crippen MR) is 151 cm³/mol. The summed E-state index contributed by atoms with van der Waals surface area (Å²) < 4.78 is 89.8. The first kappa shape index (κ1) is 32.7. The summed E-state index contributed by atoms with van der Waals surface area (Å²) in [6.45, 7) is 1.69. The number of hydrogen-bond acceptors (Lipinski definition) is 5. The molecular weight excluding hydrogens is 608 g/mol. The lowest BCUT2D eigenvalue weighted by Crippen LogP contribution is -2.25. The molecule has 4 aromatic rings. The molecule has 4 rings (SSSR count). The van der Waals surface area contributed by atoms with Crippen molar-refractivity contribution in [1.82, 2.24) is 5.32 Å². The second-order valence-electron chi connectivity index (χ2n) is 9.63. The standard InChI is InChI=1S/C32H25F6NO6/c1-19(43-24-9-6-22(7-10-24)30(42)39-17-16-29(40)41)28-18-23(20-2-11-25(12-3-20)44-31(33,34)35)8-15-27(28)21-4-13-26(14-5-21)45-32(36,37)38/h2-15,18-19H,16-17H2,1H3,(H,39,42)(H,40,41). The largest absolute Gasteiger partial charge is 0.573 e. The molecule has 4 aromatic carbocycles. The van der Waals surface area contributed by atoms with Crippen molar-refractivity contribution in [3.05, 3.63) is 102 Å². The second kappa shape index (κ2) is 13.6. The van der Waals surface area contributed by atoms with Gasteiger partial charge in [-0.3, -0.25) is 9.59 Å². The molecule has 0 aliphatic rings. The lowest BCUT2D eigenvalue weighted by atomic mass is 9.92. The molecule has 0 spiro atoms. The van der Waals surface area contributed by atoms with Gasteiger partial charge in [0.2, 0.25) is 0 Å². The maximum atomic E-state index is 12.7. The zero-order valence-corrected chi connectivity index (χ0v) is 23.4. The minimum Gasteiger partial charge on any atom is -0.486 e. The molecule has 0 saturated heterocycles. The highest BCUT2D eigenvalue weighted by atomic mass is 19.4. The van der Waals surface area contributed by atoms with E-state index in [4.69, 9.17) is 9.84 Å². The van der Waals surface area contributed by atoms with E-state index in [9.17, 15) is 35.9 Å². The van der Waals surface area contributed by atoms with Crippen molar-refractivity contribution >= 4 is 11.9 Å². The first-order valence-corrected chi connectivity index (χ1v) is 13.3. The Hall–Kier alpha value is -5.20. The molecule has 1 amide bonds. The molecule has 0 radical (unpaired) electrons. The minimum atomic E-state index is -4.86. The number of amides is 1. The summed E-state index contributed by atoms with van der Waals surface area (Å²) in [5.74, 6) is -1.92. The van der Waals surface area contributed by atoms with Crippen LogP contribution in [0.15, 0.2) is 91.0 Å². The van der Waals surface area contributed by atoms with Crippen molar-refractivity contribution in [2.24, 2.45) is 0 Å². The fourth-order valence-electron chi connectivity index (χ4n) is 4.36. The maximum Gasteiger partial charge on any atom is 0.573 e. The van der Waals surface area contributed by atoms with Gasteiger partial charge in [0, 0.05) is 17.7 Å². The van der Waals surface area contributed by atoms with Crippen molar-refractivity contribution in [3.63, 3.8) is 0 Å². The summed E-state index contributed by atoms with van der Waals surface area (Å²) in [6, 6.07) is 21.8. The second-order valence-corrected chi connectivity index (χ2v) is 9.63. The smallest absolute Gasteiger partial charge is 0.486 e. The lowest BCUT2D eigenvalue weighted by Gasteiger charge is -2.21. The quantitative estimate of drug-likeness (QED) is 0.162. The third-order valence-corrected chi connectivity index (χ3v) is 6.36. The van der Waals surface area contributed by atoms with E-state index >= 15 is 0 Å². The average Bonchev–Trinajstić information content (AvgIpc) is 2.96. The molecule has 0 heterocycles. The van der Waals surface area contributed by atoms with Crippen molar-refractivity contribution in [2.45, 2.75) is 32.2 Å². The first-order chi connectivity index (χ1) is 21.2. The molecular formula is C32H25F6NO6. The molecule has 0 fully saturated rings. The highest BCUT2D eigenvalue weighted by Gasteiger charge is 2.31. The fourth-order valence-corrected chi connectivity index (χ4v) is 4.36. The van der Waals surface area contributed by atoms with E-state index in [1.165, 1.54) is 60.7 Å². The molecule has 2 N–H and O–H groups in total. The molecule has 236 valence electrons. The Morgan fingerprint density at radius 2 is 1.20 bits per heavy atom. The van der Waals surface area contributed by atoms with Gasteiger partial charge in [0.05, 0.1) is 6.42 Å². The number of rotatable bonds is 11. The summed E-state index contributed by atoms with van der Waals surface area (Å²) in [7, 11) is 0. The van der Waals surface area contributed by atoms with Crippen molar-refractivity contribution in [1.29, 1.82) is 0 Å². The summed E-state index contributed by atoms with van der Waals surface area (Å²) in [5, 5.41) is 11.2. The number of aliphatic carboxylic acids is 1. The topological polar surface area (TPSA) is 94.1 Å². The van der Waals surface area contributed by atoms with E-state index in [2.05, 4.69) is 14.8 Å². The normalized spacial score (nSPS) is 12.2. The minimum absolute atomic E-state index is 0.0377. The molecule has 0 bridgehead atoms. The number of alkyl halides is 6. The fraction of sp³-hybridized carbons (Fsp3) is 0.188. The maximum absolute atomic E-state index is 12.7. The Kier molecular flexibility index (Phi) is 9.90. The molecule has 0 saturated carbocycles. The predicted octanol–water partition coefficient (Wildman–Crippen LogP) is 8.16. The summed E-state index contributed by atoms with van der Waals surface area (Å²) >= 11 is 0. The molecule has 0 aliphatic carbocycles. The van der Waals surface area contributed by atoms with Crippen LogP contribution in [0.1, 0.15) is 35.4 Å². The van der Waals surface area contributed by atoms with Crippen LogP contribution in [0.3, 0.4) is 0 Å². The number of carbonyl (C=O) groups is 2. The third kappa shape index (κ3) is 9.65. The molecule has 1 unspecified atom stereocenters. The van der Waals surface area contributed by atoms with E-state index in [1.54, 1.807) is 37.3 Å². The lowest BCUT2D eigenvalue weighted by molar-refractivity contribution is -0.275. The summed E-state index contributed by atoms with van der Waals surface area (Å²) in [4.78, 5) is 22.9. The van der Waals surface area contributed by atoms with Crippen LogP contribution >= 0.6 is 0 Å². The molecule has 1 atom stereocenters. The zero-order chi connectivity index (χ0) is 32.8. The van der Waals surface area contributed by atoms with E-state index in [1.807, 2.05) is 0 Å². The van der Waals surface area contributed by atoms with Gasteiger partial charge in [-0.15, -0.1) is 26.3 Å². The van der Waals surface area contributed by atoms with Crippen LogP contribution in [-0.2, 0) is 4.79 Å². The highest BCUT2D eigenvalue weighted by Crippen LogP contribution is 2.36. The van der Waals surface area contributed by atoms with Gasteiger partial charge in [-0.25, -0.2) is 0 Å². The van der Waals surface area contributed by atoms with Gasteiger partial charge in [-0.2, -0.15) is 0 Å². The highest BCUT2D eigenvalue weighted by molar-refractivity contribution is 5.94. The van der Waals surface area contributed by atoms with Crippen LogP contribution in [0.25, 0.3) is 22.3 Å². The van der Waals surface area contributed by atoms with Crippen LogP contribution in [0.5, 0.6) is 17.2 Å². The van der Waals surface area contributed by atoms with Crippen molar-refractivity contribution in [3.8, 4) is 39.5 Å². The number of hydrogen-bond donors (Lipinski definition) is 2. The summed E-state index contributed by atoms with van der Waals surface area (Å²) in [5.41, 5.74) is 3.22. The number of benzene rings is 4. The van der Waals surface area contributed by atoms with Gasteiger partial charge in [0.25, 0.3) is 5.91 Å². The molecule has 13 heteroatoms. The van der Waals surface area contributed by atoms with Gasteiger partial charge in [0.15, 0.2) is 0 Å². The molecule has 0 aliphatic heterocycles. The Morgan fingerprint density at radius 3 is 1.71 bits per heavy atom. The number of nitrogens with one attached hydrogen (secondary N) is 1. The van der Waals surface area contributed by atoms with Gasteiger partial charge in [-0.1, -0.05) is 36.4 Å². The van der Waals surface area contributed by atoms with Gasteiger partial charge >= 0.3 is 18.7 Å². The van der Waals surface area contributed by atoms with Crippen molar-refractivity contribution < 1.29 is 55.2 Å². The van der Waals surface area contributed by atoms with E-state index < -0.39 is 36.5 Å². The van der Waals surface area contributed by atoms with Gasteiger partial charge in [0.1, 0.15) is 23.4 Å². The monoisotopic (exact) mass is 633 g/mol. The number of halogens is 6. The Balaban J connectivity index is 1.62. The van der Waals surface area contributed by atoms with E-state index in [0.717, 1.165) is 0 Å². The van der Waals surface area contributed by atoms with Crippen molar-refractivity contribution in [2.75, 3.05) is 6.54 Å².